The van der Waals surface area contributed by atoms with Crippen molar-refractivity contribution in [2.75, 3.05) is 10.6 Å². The third kappa shape index (κ3) is 7.26. The Bertz CT molecular complexity index is 821. The monoisotopic (exact) mass is 422 g/mol. The van der Waals surface area contributed by atoms with Crippen LogP contribution < -0.4 is 10.6 Å². The molecule has 0 unspecified atom stereocenters. The van der Waals surface area contributed by atoms with Gasteiger partial charge in [-0.15, -0.1) is 0 Å². The number of nitrogens with zero attached hydrogens (tertiary/aromatic N) is 2. The molecule has 0 bridgehead atoms. The summed E-state index contributed by atoms with van der Waals surface area (Å²) in [5.41, 5.74) is 1.47. The summed E-state index contributed by atoms with van der Waals surface area (Å²) in [6, 6.07) is 12.9. The molecular formula is C18H16Cl2N4O4. The predicted molar refractivity (Wildman–Crippen MR) is 109 cm³/mol. The summed E-state index contributed by atoms with van der Waals surface area (Å²) in [5, 5.41) is 13.3. The molecule has 0 atom stereocenters. The van der Waals surface area contributed by atoms with Gasteiger partial charge in [-0.1, -0.05) is 33.5 Å². The summed E-state index contributed by atoms with van der Waals surface area (Å²) < 4.78 is 0. The third-order valence-corrected chi connectivity index (χ3v) is 3.74. The Morgan fingerprint density at radius 1 is 0.714 bits per heavy atom. The highest BCUT2D eigenvalue weighted by Crippen LogP contribution is 2.14. The molecule has 2 aromatic rings. The largest absolute Gasteiger partial charge is 0.437 e. The Balaban J connectivity index is 1.83. The van der Waals surface area contributed by atoms with Crippen LogP contribution in [0.5, 0.6) is 0 Å². The van der Waals surface area contributed by atoms with E-state index in [4.69, 9.17) is 32.9 Å². The van der Waals surface area contributed by atoms with E-state index in [9.17, 15) is 9.59 Å². The van der Waals surface area contributed by atoms with E-state index in [1.54, 1.807) is 48.5 Å². The fourth-order valence-corrected chi connectivity index (χ4v) is 1.95. The molecule has 0 aliphatic rings. The molecule has 146 valence electrons. The molecule has 0 saturated carbocycles. The van der Waals surface area contributed by atoms with Crippen molar-refractivity contribution in [1.29, 1.82) is 0 Å². The molecule has 0 fully saturated rings. The maximum atomic E-state index is 11.7. The highest BCUT2D eigenvalue weighted by molar-refractivity contribution is 6.40. The zero-order valence-electron chi connectivity index (χ0n) is 14.9. The summed E-state index contributed by atoms with van der Waals surface area (Å²) in [6.45, 7) is 3.07. The van der Waals surface area contributed by atoms with Crippen molar-refractivity contribution >= 4 is 58.2 Å². The van der Waals surface area contributed by atoms with Crippen molar-refractivity contribution in [2.24, 2.45) is 10.3 Å². The Labute approximate surface area is 171 Å². The summed E-state index contributed by atoms with van der Waals surface area (Å²) in [5.74, 6) is 0. The lowest BCUT2D eigenvalue weighted by Crippen LogP contribution is -2.15. The second-order valence-corrected chi connectivity index (χ2v) is 6.25. The fourth-order valence-electron chi connectivity index (χ4n) is 1.70. The molecule has 0 radical (unpaired) electrons. The van der Waals surface area contributed by atoms with Crippen LogP contribution in [0.25, 0.3) is 0 Å². The van der Waals surface area contributed by atoms with Crippen molar-refractivity contribution in [3.8, 4) is 0 Å². The van der Waals surface area contributed by atoms with Crippen molar-refractivity contribution in [3.05, 3.63) is 58.6 Å². The number of halogens is 2. The molecule has 0 heterocycles. The first kappa shape index (κ1) is 21.2. The van der Waals surface area contributed by atoms with Gasteiger partial charge in [-0.3, -0.25) is 20.3 Å². The van der Waals surface area contributed by atoms with E-state index in [0.717, 1.165) is 0 Å². The number of benzene rings is 2. The number of nitrogens with one attached hydrogen (secondary N) is 2. The van der Waals surface area contributed by atoms with Gasteiger partial charge in [0, 0.05) is 21.4 Å². The first-order chi connectivity index (χ1) is 13.3. The molecule has 2 N–H and O–H groups in total. The van der Waals surface area contributed by atoms with Gasteiger partial charge in [0.2, 0.25) is 0 Å². The number of rotatable bonds is 5. The second kappa shape index (κ2) is 10.3. The minimum atomic E-state index is -0.795. The zero-order valence-corrected chi connectivity index (χ0v) is 16.4. The smallest absolute Gasteiger partial charge is 0.297 e. The molecule has 2 amide bonds. The third-order valence-electron chi connectivity index (χ3n) is 3.24. The number of carbonyl (C=O) groups is 2. The number of hydrogen-bond acceptors (Lipinski definition) is 6. The summed E-state index contributed by atoms with van der Waals surface area (Å²) >= 11 is 11.5. The molecule has 0 saturated heterocycles. The maximum Gasteiger partial charge on any atom is 0.437 e. The second-order valence-electron chi connectivity index (χ2n) is 5.37. The number of amides is 2. The molecule has 2 aromatic carbocycles. The van der Waals surface area contributed by atoms with E-state index in [1.165, 1.54) is 13.8 Å². The van der Waals surface area contributed by atoms with Gasteiger partial charge in [0.05, 0.1) is 0 Å². The lowest BCUT2D eigenvalue weighted by Gasteiger charge is -2.04. The fraction of sp³-hybridized carbons (Fsp3) is 0.111. The lowest BCUT2D eigenvalue weighted by atomic mass is 10.3. The Morgan fingerprint density at radius 3 is 1.36 bits per heavy atom. The van der Waals surface area contributed by atoms with E-state index < -0.39 is 12.2 Å². The van der Waals surface area contributed by atoms with Gasteiger partial charge in [-0.05, 0) is 62.4 Å². The minimum Gasteiger partial charge on any atom is -0.297 e. The van der Waals surface area contributed by atoms with Gasteiger partial charge in [-0.25, -0.2) is 9.59 Å². The van der Waals surface area contributed by atoms with Gasteiger partial charge in [0.1, 0.15) is 11.4 Å². The minimum absolute atomic E-state index is 0.241. The van der Waals surface area contributed by atoms with Crippen LogP contribution in [0.4, 0.5) is 21.0 Å². The van der Waals surface area contributed by atoms with Crippen molar-refractivity contribution in [1.82, 2.24) is 0 Å². The molecule has 0 spiro atoms. The SMILES string of the molecule is CC(=NOC(=O)Nc1ccc(Cl)cc1)C(C)=NOC(=O)Nc1ccc(Cl)cc1. The van der Waals surface area contributed by atoms with Crippen LogP contribution in [0, 0.1) is 0 Å². The molecule has 0 aliphatic heterocycles. The number of oxime groups is 2. The Kier molecular flexibility index (Phi) is 7.79. The molecule has 8 nitrogen and oxygen atoms in total. The van der Waals surface area contributed by atoms with E-state index in [1.807, 2.05) is 0 Å². The normalized spacial score (nSPS) is 11.6. The molecule has 2 rings (SSSR count). The highest BCUT2D eigenvalue weighted by Gasteiger charge is 2.07. The van der Waals surface area contributed by atoms with Crippen LogP contribution in [-0.4, -0.2) is 23.6 Å². The molecule has 0 aromatic heterocycles. The van der Waals surface area contributed by atoms with Crippen LogP contribution >= 0.6 is 23.2 Å². The Hall–Kier alpha value is -3.10. The van der Waals surface area contributed by atoms with Gasteiger partial charge in [0.25, 0.3) is 0 Å². The van der Waals surface area contributed by atoms with Crippen LogP contribution in [0.15, 0.2) is 58.8 Å². The van der Waals surface area contributed by atoms with Gasteiger partial charge < -0.3 is 0 Å². The number of carbonyl (C=O) groups excluding carboxylic acids is 2. The lowest BCUT2D eigenvalue weighted by molar-refractivity contribution is 0.164. The van der Waals surface area contributed by atoms with E-state index in [-0.39, 0.29) is 11.4 Å². The molecule has 0 aliphatic carbocycles. The van der Waals surface area contributed by atoms with E-state index in [2.05, 4.69) is 20.9 Å². The average Bonchev–Trinajstić information content (AvgIpc) is 2.67. The molecular weight excluding hydrogens is 407 g/mol. The van der Waals surface area contributed by atoms with Crippen LogP contribution in [0.2, 0.25) is 10.0 Å². The van der Waals surface area contributed by atoms with Crippen molar-refractivity contribution in [3.63, 3.8) is 0 Å². The predicted octanol–water partition coefficient (Wildman–Crippen LogP) is 5.54. The van der Waals surface area contributed by atoms with Crippen molar-refractivity contribution < 1.29 is 19.3 Å². The summed E-state index contributed by atoms with van der Waals surface area (Å²) in [4.78, 5) is 32.9. The molecule has 10 heteroatoms. The zero-order chi connectivity index (χ0) is 20.5. The first-order valence-corrected chi connectivity index (χ1v) is 8.66. The van der Waals surface area contributed by atoms with Crippen LogP contribution in [0.3, 0.4) is 0 Å². The molecule has 28 heavy (non-hydrogen) atoms. The standard InChI is InChI=1S/C18H16Cl2N4O4/c1-11(23-27-17(25)21-15-7-3-13(19)4-8-15)12(2)24-28-18(26)22-16-9-5-14(20)6-10-16/h3-10H,1-2H3,(H,21,25)(H,22,26). The van der Waals surface area contributed by atoms with Gasteiger partial charge in [0.15, 0.2) is 0 Å². The maximum absolute atomic E-state index is 11.7. The van der Waals surface area contributed by atoms with E-state index >= 15 is 0 Å². The quantitative estimate of drug-likeness (QED) is 0.374. The topological polar surface area (TPSA) is 101 Å². The summed E-state index contributed by atoms with van der Waals surface area (Å²) in [6.07, 6.45) is -1.59. The highest BCUT2D eigenvalue weighted by atomic mass is 35.5. The van der Waals surface area contributed by atoms with E-state index in [0.29, 0.717) is 21.4 Å². The number of hydrogen-bond donors (Lipinski definition) is 2. The van der Waals surface area contributed by atoms with Crippen LogP contribution in [0.1, 0.15) is 13.8 Å². The van der Waals surface area contributed by atoms with Gasteiger partial charge >= 0.3 is 12.2 Å². The number of anilines is 2. The summed E-state index contributed by atoms with van der Waals surface area (Å²) in [7, 11) is 0. The first-order valence-electron chi connectivity index (χ1n) is 7.90. The average molecular weight is 423 g/mol. The van der Waals surface area contributed by atoms with Crippen molar-refractivity contribution in [2.45, 2.75) is 13.8 Å². The van der Waals surface area contributed by atoms with Gasteiger partial charge in [-0.2, -0.15) is 0 Å². The Morgan fingerprint density at radius 2 is 1.04 bits per heavy atom. The van der Waals surface area contributed by atoms with Crippen LogP contribution in [-0.2, 0) is 9.68 Å².